The number of benzene rings is 1. The number of nitrogens with zero attached hydrogens (tertiary/aromatic N) is 1. The maximum absolute atomic E-state index is 12.2. The Hall–Kier alpha value is -3.42. The highest BCUT2D eigenvalue weighted by Crippen LogP contribution is 2.11. The number of carbonyl (C=O) groups excluding carboxylic acids is 3. The lowest BCUT2D eigenvalue weighted by atomic mass is 10.1. The van der Waals surface area contributed by atoms with Crippen molar-refractivity contribution < 1.29 is 28.4 Å². The van der Waals surface area contributed by atoms with Crippen molar-refractivity contribution in [2.75, 3.05) is 12.4 Å². The summed E-state index contributed by atoms with van der Waals surface area (Å²) in [5.41, 5.74) is 1.10. The van der Waals surface area contributed by atoms with Crippen molar-refractivity contribution >= 4 is 29.7 Å². The molecule has 1 aromatic carbocycles. The van der Waals surface area contributed by atoms with Gasteiger partial charge in [-0.3, -0.25) is 4.79 Å². The lowest BCUT2D eigenvalue weighted by Crippen LogP contribution is -2.31. The van der Waals surface area contributed by atoms with Crippen LogP contribution in [0.15, 0.2) is 40.9 Å². The molecule has 1 aromatic heterocycles. The number of methoxy groups -OCH3 is 1. The summed E-state index contributed by atoms with van der Waals surface area (Å²) in [6.07, 6.45) is 2.08. The molecule has 142 valence electrons. The molecule has 8 nitrogen and oxygen atoms in total. The maximum atomic E-state index is 12.2. The van der Waals surface area contributed by atoms with Crippen LogP contribution in [0.2, 0.25) is 0 Å². The zero-order valence-corrected chi connectivity index (χ0v) is 15.2. The zero-order chi connectivity index (χ0) is 19.8. The van der Waals surface area contributed by atoms with Crippen LogP contribution in [0.5, 0.6) is 0 Å². The summed E-state index contributed by atoms with van der Waals surface area (Å²) in [4.78, 5) is 35.5. The number of nitrogens with one attached hydrogen (secondary N) is 1. The van der Waals surface area contributed by atoms with Gasteiger partial charge in [0.15, 0.2) is 11.9 Å². The van der Waals surface area contributed by atoms with Gasteiger partial charge in [0.05, 0.1) is 12.7 Å². The molecule has 8 heteroatoms. The third-order valence-corrected chi connectivity index (χ3v) is 3.54. The van der Waals surface area contributed by atoms with E-state index in [4.69, 9.17) is 9.26 Å². The Kier molecular flexibility index (Phi) is 6.87. The van der Waals surface area contributed by atoms with Gasteiger partial charge in [-0.15, -0.1) is 0 Å². The number of anilines is 1. The third kappa shape index (κ3) is 5.81. The molecular weight excluding hydrogens is 352 g/mol. The first-order valence-corrected chi connectivity index (χ1v) is 8.24. The fourth-order valence-corrected chi connectivity index (χ4v) is 2.15. The van der Waals surface area contributed by atoms with E-state index in [-0.39, 0.29) is 5.82 Å². The SMILES string of the molecule is CCC(OC(=O)/C=C/c1ccc(C(=O)OC)cc1)C(=O)Nc1cc(C)on1. The number of aromatic nitrogens is 1. The van der Waals surface area contributed by atoms with E-state index in [1.807, 2.05) is 0 Å². The van der Waals surface area contributed by atoms with Gasteiger partial charge in [-0.05, 0) is 37.1 Å². The van der Waals surface area contributed by atoms with Crippen molar-refractivity contribution in [2.24, 2.45) is 0 Å². The molecule has 0 aliphatic carbocycles. The Bertz CT molecular complexity index is 838. The van der Waals surface area contributed by atoms with Gasteiger partial charge in [-0.2, -0.15) is 0 Å². The van der Waals surface area contributed by atoms with Crippen LogP contribution in [0.3, 0.4) is 0 Å². The molecule has 0 fully saturated rings. The fourth-order valence-electron chi connectivity index (χ4n) is 2.15. The minimum absolute atomic E-state index is 0.258. The summed E-state index contributed by atoms with van der Waals surface area (Å²) in [6, 6.07) is 8.04. The standard InChI is InChI=1S/C19H20N2O6/c1-4-15(18(23)20-16-11-12(2)27-21-16)26-17(22)10-7-13-5-8-14(9-6-13)19(24)25-3/h5-11,15H,4H2,1-3H3,(H,20,21,23)/b10-7+. The Morgan fingerprint density at radius 2 is 1.96 bits per heavy atom. The molecule has 1 unspecified atom stereocenters. The normalized spacial score (nSPS) is 11.8. The van der Waals surface area contributed by atoms with Crippen LogP contribution in [0.1, 0.15) is 35.0 Å². The first-order valence-electron chi connectivity index (χ1n) is 8.24. The average molecular weight is 372 g/mol. The number of rotatable bonds is 7. The second-order valence-corrected chi connectivity index (χ2v) is 5.59. The van der Waals surface area contributed by atoms with Crippen LogP contribution < -0.4 is 5.32 Å². The largest absolute Gasteiger partial charge is 0.465 e. The first kappa shape index (κ1) is 19.9. The Balaban J connectivity index is 1.92. The van der Waals surface area contributed by atoms with Crippen molar-refractivity contribution in [3.05, 3.63) is 53.3 Å². The van der Waals surface area contributed by atoms with Crippen molar-refractivity contribution in [3.63, 3.8) is 0 Å². The average Bonchev–Trinajstić information content (AvgIpc) is 3.08. The van der Waals surface area contributed by atoms with Gasteiger partial charge in [-0.1, -0.05) is 24.2 Å². The molecule has 0 spiro atoms. The van der Waals surface area contributed by atoms with Crippen LogP contribution in [-0.4, -0.2) is 36.2 Å². The Labute approximate surface area is 156 Å². The van der Waals surface area contributed by atoms with E-state index in [1.165, 1.54) is 19.3 Å². The predicted octanol–water partition coefficient (Wildman–Crippen LogP) is 2.74. The molecule has 0 bridgehead atoms. The van der Waals surface area contributed by atoms with E-state index < -0.39 is 23.9 Å². The van der Waals surface area contributed by atoms with Crippen molar-refractivity contribution in [1.29, 1.82) is 0 Å². The lowest BCUT2D eigenvalue weighted by Gasteiger charge is -2.13. The van der Waals surface area contributed by atoms with Crippen molar-refractivity contribution in [2.45, 2.75) is 26.4 Å². The molecule has 1 N–H and O–H groups in total. The van der Waals surface area contributed by atoms with Gasteiger partial charge < -0.3 is 19.3 Å². The second kappa shape index (κ2) is 9.33. The number of hydrogen-bond acceptors (Lipinski definition) is 7. The highest BCUT2D eigenvalue weighted by Gasteiger charge is 2.21. The van der Waals surface area contributed by atoms with Gasteiger partial charge in [0.2, 0.25) is 0 Å². The van der Waals surface area contributed by atoms with Crippen LogP contribution in [0, 0.1) is 6.92 Å². The zero-order valence-electron chi connectivity index (χ0n) is 15.2. The van der Waals surface area contributed by atoms with Gasteiger partial charge in [0.25, 0.3) is 5.91 Å². The van der Waals surface area contributed by atoms with E-state index in [1.54, 1.807) is 44.2 Å². The fraction of sp³-hybridized carbons (Fsp3) is 0.263. The van der Waals surface area contributed by atoms with Gasteiger partial charge >= 0.3 is 11.9 Å². The van der Waals surface area contributed by atoms with E-state index in [2.05, 4.69) is 15.2 Å². The predicted molar refractivity (Wildman–Crippen MR) is 96.9 cm³/mol. The molecule has 27 heavy (non-hydrogen) atoms. The summed E-state index contributed by atoms with van der Waals surface area (Å²) < 4.78 is 14.7. The van der Waals surface area contributed by atoms with Gasteiger partial charge in [0.1, 0.15) is 5.76 Å². The molecule has 1 amide bonds. The summed E-state index contributed by atoms with van der Waals surface area (Å²) >= 11 is 0. The molecule has 0 saturated heterocycles. The Morgan fingerprint density at radius 3 is 2.52 bits per heavy atom. The molecule has 0 saturated carbocycles. The molecule has 0 aliphatic rings. The molecule has 2 rings (SSSR count). The first-order chi connectivity index (χ1) is 12.9. The maximum Gasteiger partial charge on any atom is 0.337 e. The summed E-state index contributed by atoms with van der Waals surface area (Å²) in [5, 5.41) is 6.19. The molecule has 0 radical (unpaired) electrons. The Morgan fingerprint density at radius 1 is 1.26 bits per heavy atom. The van der Waals surface area contributed by atoms with Crippen LogP contribution >= 0.6 is 0 Å². The number of carbonyl (C=O) groups is 3. The monoisotopic (exact) mass is 372 g/mol. The van der Waals surface area contributed by atoms with Gasteiger partial charge in [-0.25, -0.2) is 9.59 Å². The minimum Gasteiger partial charge on any atom is -0.465 e. The highest BCUT2D eigenvalue weighted by atomic mass is 16.5. The number of ether oxygens (including phenoxy) is 2. The summed E-state index contributed by atoms with van der Waals surface area (Å²) in [5.74, 6) is -0.783. The molecule has 1 atom stereocenters. The molecular formula is C19H20N2O6. The number of amides is 1. The summed E-state index contributed by atoms with van der Waals surface area (Å²) in [6.45, 7) is 3.42. The van der Waals surface area contributed by atoms with E-state index in [9.17, 15) is 14.4 Å². The third-order valence-electron chi connectivity index (χ3n) is 3.54. The highest BCUT2D eigenvalue weighted by molar-refractivity contribution is 5.96. The van der Waals surface area contributed by atoms with E-state index in [0.29, 0.717) is 23.3 Å². The van der Waals surface area contributed by atoms with Crippen LogP contribution in [0.4, 0.5) is 5.82 Å². The number of aryl methyl sites for hydroxylation is 1. The number of hydrogen-bond donors (Lipinski definition) is 1. The van der Waals surface area contributed by atoms with Crippen molar-refractivity contribution in [3.8, 4) is 0 Å². The van der Waals surface area contributed by atoms with E-state index >= 15 is 0 Å². The summed E-state index contributed by atoms with van der Waals surface area (Å²) in [7, 11) is 1.30. The lowest BCUT2D eigenvalue weighted by molar-refractivity contribution is -0.149. The van der Waals surface area contributed by atoms with Crippen molar-refractivity contribution in [1.82, 2.24) is 5.16 Å². The quantitative estimate of drug-likeness (QED) is 0.588. The second-order valence-electron chi connectivity index (χ2n) is 5.59. The topological polar surface area (TPSA) is 108 Å². The van der Waals surface area contributed by atoms with Gasteiger partial charge in [0, 0.05) is 12.1 Å². The smallest absolute Gasteiger partial charge is 0.337 e. The van der Waals surface area contributed by atoms with E-state index in [0.717, 1.165) is 0 Å². The molecule has 0 aliphatic heterocycles. The van der Waals surface area contributed by atoms with Crippen LogP contribution in [-0.2, 0) is 19.1 Å². The molecule has 1 heterocycles. The van der Waals surface area contributed by atoms with Crippen LogP contribution in [0.25, 0.3) is 6.08 Å². The molecule has 2 aromatic rings. The minimum atomic E-state index is -0.958. The number of esters is 2.